The molecule has 0 aliphatic heterocycles. The van der Waals surface area contributed by atoms with Crippen LogP contribution in [0.15, 0.2) is 72.8 Å². The minimum atomic E-state index is -0.308. The van der Waals surface area contributed by atoms with Crippen LogP contribution in [0, 0.1) is 19.7 Å². The summed E-state index contributed by atoms with van der Waals surface area (Å²) >= 11 is 0. The zero-order valence-electron chi connectivity index (χ0n) is 15.7. The number of nitrogens with one attached hydrogen (secondary N) is 1. The molecule has 3 aromatic carbocycles. The quantitative estimate of drug-likeness (QED) is 0.487. The molecule has 3 nitrogen and oxygen atoms in total. The number of para-hydroxylation sites is 1. The lowest BCUT2D eigenvalue weighted by Gasteiger charge is -2.12. The van der Waals surface area contributed by atoms with Gasteiger partial charge in [0.2, 0.25) is 0 Å². The lowest BCUT2D eigenvalue weighted by Crippen LogP contribution is -2.13. The summed E-state index contributed by atoms with van der Waals surface area (Å²) in [6.45, 7) is 3.99. The van der Waals surface area contributed by atoms with Crippen LogP contribution in [-0.4, -0.2) is 10.9 Å². The van der Waals surface area contributed by atoms with Gasteiger partial charge in [0.25, 0.3) is 5.91 Å². The molecule has 0 saturated carbocycles. The van der Waals surface area contributed by atoms with Crippen molar-refractivity contribution in [1.82, 2.24) is 4.98 Å². The van der Waals surface area contributed by atoms with Gasteiger partial charge in [0.15, 0.2) is 0 Å². The summed E-state index contributed by atoms with van der Waals surface area (Å²) in [5.74, 6) is -0.510. The van der Waals surface area contributed by atoms with Crippen molar-refractivity contribution in [2.24, 2.45) is 0 Å². The maximum Gasteiger partial charge on any atom is 0.256 e. The van der Waals surface area contributed by atoms with Crippen molar-refractivity contribution in [2.75, 3.05) is 5.32 Å². The van der Waals surface area contributed by atoms with Crippen LogP contribution in [0.4, 0.5) is 10.1 Å². The van der Waals surface area contributed by atoms with E-state index >= 15 is 0 Å². The molecule has 0 aliphatic carbocycles. The molecule has 1 heterocycles. The van der Waals surface area contributed by atoms with Gasteiger partial charge in [-0.05, 0) is 73.5 Å². The standard InChI is InChI=1S/C24H19FN2O/c1-15-11-16(2)13-19(12-15)26-24(28)21-14-23(17-7-9-18(25)10-8-17)27-22-6-4-3-5-20(21)22/h3-14H,1-2H3,(H,26,28). The maximum atomic E-state index is 13.3. The Labute approximate surface area is 162 Å². The Morgan fingerprint density at radius 1 is 0.893 bits per heavy atom. The van der Waals surface area contributed by atoms with Gasteiger partial charge in [0.05, 0.1) is 16.8 Å². The van der Waals surface area contributed by atoms with Gasteiger partial charge >= 0.3 is 0 Å². The number of carbonyl (C=O) groups excluding carboxylic acids is 1. The number of nitrogens with zero attached hydrogens (tertiary/aromatic N) is 1. The van der Waals surface area contributed by atoms with Crippen LogP contribution in [-0.2, 0) is 0 Å². The molecule has 0 fully saturated rings. The van der Waals surface area contributed by atoms with E-state index in [2.05, 4.69) is 16.4 Å². The van der Waals surface area contributed by atoms with Crippen LogP contribution in [0.1, 0.15) is 21.5 Å². The first-order chi connectivity index (χ1) is 13.5. The van der Waals surface area contributed by atoms with E-state index in [0.29, 0.717) is 11.3 Å². The number of aryl methyl sites for hydroxylation is 2. The van der Waals surface area contributed by atoms with Crippen molar-refractivity contribution in [3.63, 3.8) is 0 Å². The van der Waals surface area contributed by atoms with Gasteiger partial charge in [-0.15, -0.1) is 0 Å². The predicted octanol–water partition coefficient (Wildman–Crippen LogP) is 5.91. The van der Waals surface area contributed by atoms with Gasteiger partial charge in [0, 0.05) is 16.6 Å². The minimum absolute atomic E-state index is 0.202. The topological polar surface area (TPSA) is 42.0 Å². The molecule has 1 N–H and O–H groups in total. The number of pyridine rings is 1. The minimum Gasteiger partial charge on any atom is -0.322 e. The third-order valence-corrected chi connectivity index (χ3v) is 4.58. The normalized spacial score (nSPS) is 10.8. The Morgan fingerprint density at radius 2 is 1.57 bits per heavy atom. The number of halogens is 1. The van der Waals surface area contributed by atoms with Crippen molar-refractivity contribution >= 4 is 22.5 Å². The van der Waals surface area contributed by atoms with E-state index in [-0.39, 0.29) is 11.7 Å². The molecule has 0 atom stereocenters. The smallest absolute Gasteiger partial charge is 0.256 e. The van der Waals surface area contributed by atoms with Crippen LogP contribution < -0.4 is 5.32 Å². The average molecular weight is 370 g/mol. The second kappa shape index (κ2) is 7.24. The van der Waals surface area contributed by atoms with E-state index in [0.717, 1.165) is 33.3 Å². The van der Waals surface area contributed by atoms with Crippen LogP contribution in [0.25, 0.3) is 22.2 Å². The van der Waals surface area contributed by atoms with Crippen molar-refractivity contribution < 1.29 is 9.18 Å². The van der Waals surface area contributed by atoms with Crippen molar-refractivity contribution in [2.45, 2.75) is 13.8 Å². The molecular weight excluding hydrogens is 351 g/mol. The van der Waals surface area contributed by atoms with E-state index in [9.17, 15) is 9.18 Å². The van der Waals surface area contributed by atoms with Gasteiger partial charge in [-0.3, -0.25) is 4.79 Å². The molecule has 4 rings (SSSR count). The number of anilines is 1. The summed E-state index contributed by atoms with van der Waals surface area (Å²) in [4.78, 5) is 17.7. The summed E-state index contributed by atoms with van der Waals surface area (Å²) in [7, 11) is 0. The van der Waals surface area contributed by atoms with Gasteiger partial charge in [0.1, 0.15) is 5.82 Å². The highest BCUT2D eigenvalue weighted by molar-refractivity contribution is 6.13. The first kappa shape index (κ1) is 17.9. The van der Waals surface area contributed by atoms with Gasteiger partial charge in [-0.25, -0.2) is 9.37 Å². The molecule has 1 amide bonds. The molecule has 0 saturated heterocycles. The van der Waals surface area contributed by atoms with Gasteiger partial charge in [-0.2, -0.15) is 0 Å². The SMILES string of the molecule is Cc1cc(C)cc(NC(=O)c2cc(-c3ccc(F)cc3)nc3ccccc23)c1. The number of benzene rings is 3. The molecule has 28 heavy (non-hydrogen) atoms. The molecule has 138 valence electrons. The van der Waals surface area contributed by atoms with Gasteiger partial charge < -0.3 is 5.32 Å². The Balaban J connectivity index is 1.80. The molecule has 0 radical (unpaired) electrons. The average Bonchev–Trinajstić information content (AvgIpc) is 2.67. The third kappa shape index (κ3) is 3.62. The number of hydrogen-bond donors (Lipinski definition) is 1. The van der Waals surface area contributed by atoms with Crippen LogP contribution in [0.5, 0.6) is 0 Å². The largest absolute Gasteiger partial charge is 0.322 e. The number of aromatic nitrogens is 1. The molecular formula is C24H19FN2O. The molecule has 0 bridgehead atoms. The van der Waals surface area contributed by atoms with Gasteiger partial charge in [-0.1, -0.05) is 24.3 Å². The first-order valence-electron chi connectivity index (χ1n) is 9.05. The van der Waals surface area contributed by atoms with Crippen LogP contribution >= 0.6 is 0 Å². The van der Waals surface area contributed by atoms with Crippen molar-refractivity contribution in [3.8, 4) is 11.3 Å². The zero-order valence-corrected chi connectivity index (χ0v) is 15.7. The summed E-state index contributed by atoms with van der Waals surface area (Å²) in [5, 5.41) is 3.77. The van der Waals surface area contributed by atoms with E-state index in [1.165, 1.54) is 12.1 Å². The third-order valence-electron chi connectivity index (χ3n) is 4.58. The predicted molar refractivity (Wildman–Crippen MR) is 111 cm³/mol. The molecule has 1 aromatic heterocycles. The first-order valence-corrected chi connectivity index (χ1v) is 9.05. The molecule has 4 aromatic rings. The fourth-order valence-electron chi connectivity index (χ4n) is 3.38. The fraction of sp³-hybridized carbons (Fsp3) is 0.0833. The summed E-state index contributed by atoms with van der Waals surface area (Å²) in [6.07, 6.45) is 0. The van der Waals surface area contributed by atoms with E-state index in [4.69, 9.17) is 0 Å². The van der Waals surface area contributed by atoms with E-state index in [1.807, 2.05) is 50.2 Å². The number of rotatable bonds is 3. The zero-order chi connectivity index (χ0) is 19.7. The second-order valence-electron chi connectivity index (χ2n) is 6.91. The lowest BCUT2D eigenvalue weighted by molar-refractivity contribution is 0.102. The Morgan fingerprint density at radius 3 is 2.29 bits per heavy atom. The highest BCUT2D eigenvalue weighted by Crippen LogP contribution is 2.26. The highest BCUT2D eigenvalue weighted by Gasteiger charge is 2.14. The number of carbonyl (C=O) groups is 1. The fourth-order valence-corrected chi connectivity index (χ4v) is 3.38. The molecule has 4 heteroatoms. The molecule has 0 aliphatic rings. The second-order valence-corrected chi connectivity index (χ2v) is 6.91. The summed E-state index contributed by atoms with van der Waals surface area (Å²) in [6, 6.07) is 21.3. The number of fused-ring (bicyclic) bond motifs is 1. The number of amides is 1. The Kier molecular flexibility index (Phi) is 4.62. The monoisotopic (exact) mass is 370 g/mol. The van der Waals surface area contributed by atoms with Crippen molar-refractivity contribution in [3.05, 3.63) is 95.3 Å². The maximum absolute atomic E-state index is 13.3. The van der Waals surface area contributed by atoms with E-state index < -0.39 is 0 Å². The number of hydrogen-bond acceptors (Lipinski definition) is 2. The highest BCUT2D eigenvalue weighted by atomic mass is 19.1. The Hall–Kier alpha value is -3.53. The molecule has 0 spiro atoms. The summed E-state index contributed by atoms with van der Waals surface area (Å²) in [5.41, 5.74) is 5.56. The summed E-state index contributed by atoms with van der Waals surface area (Å²) < 4.78 is 13.3. The molecule has 0 unspecified atom stereocenters. The van der Waals surface area contributed by atoms with Crippen LogP contribution in [0.3, 0.4) is 0 Å². The lowest BCUT2D eigenvalue weighted by atomic mass is 10.0. The Bertz CT molecular complexity index is 1160. The van der Waals surface area contributed by atoms with Crippen LogP contribution in [0.2, 0.25) is 0 Å². The van der Waals surface area contributed by atoms with E-state index in [1.54, 1.807) is 18.2 Å². The van der Waals surface area contributed by atoms with Crippen molar-refractivity contribution in [1.29, 1.82) is 0 Å².